The van der Waals surface area contributed by atoms with E-state index in [1.165, 1.54) is 11.8 Å². The Morgan fingerprint density at radius 1 is 1.40 bits per heavy atom. The quantitative estimate of drug-likeness (QED) is 0.721. The molecular formula is C17H20N2O4S2. The van der Waals surface area contributed by atoms with Crippen LogP contribution in [0.15, 0.2) is 41.9 Å². The molecule has 2 unspecified atom stereocenters. The van der Waals surface area contributed by atoms with Gasteiger partial charge in [0, 0.05) is 11.8 Å². The van der Waals surface area contributed by atoms with Gasteiger partial charge in [0.1, 0.15) is 5.75 Å². The van der Waals surface area contributed by atoms with E-state index in [0.29, 0.717) is 11.7 Å². The number of amides is 1. The molecule has 3 rings (SSSR count). The number of sulfone groups is 1. The molecule has 2 aliphatic heterocycles. The SMILES string of the molecule is C=CCN1C(=NC(=O)Cc2ccc(OC)cc2)SC2CS(=O)(=O)CC21. The Kier molecular flexibility index (Phi) is 5.19. The van der Waals surface area contributed by atoms with Gasteiger partial charge in [0.05, 0.1) is 31.1 Å². The van der Waals surface area contributed by atoms with Crippen molar-refractivity contribution in [2.24, 2.45) is 4.99 Å². The van der Waals surface area contributed by atoms with Gasteiger partial charge in [-0.25, -0.2) is 8.42 Å². The van der Waals surface area contributed by atoms with Crippen molar-refractivity contribution >= 4 is 32.7 Å². The summed E-state index contributed by atoms with van der Waals surface area (Å²) < 4.78 is 28.8. The molecule has 0 N–H and O–H groups in total. The third-order valence-electron chi connectivity index (χ3n) is 4.24. The van der Waals surface area contributed by atoms with E-state index >= 15 is 0 Å². The number of rotatable bonds is 5. The molecule has 25 heavy (non-hydrogen) atoms. The summed E-state index contributed by atoms with van der Waals surface area (Å²) in [6.45, 7) is 4.20. The molecule has 0 aromatic heterocycles. The lowest BCUT2D eigenvalue weighted by atomic mass is 10.1. The van der Waals surface area contributed by atoms with Gasteiger partial charge in [0.25, 0.3) is 5.91 Å². The minimum atomic E-state index is -3.01. The second-order valence-electron chi connectivity index (χ2n) is 6.05. The number of amidine groups is 1. The van der Waals surface area contributed by atoms with Crippen molar-refractivity contribution in [1.82, 2.24) is 4.90 Å². The molecule has 1 aromatic rings. The molecule has 2 saturated heterocycles. The van der Waals surface area contributed by atoms with Gasteiger partial charge in [0.2, 0.25) is 0 Å². The zero-order valence-electron chi connectivity index (χ0n) is 13.9. The maximum atomic E-state index is 12.3. The number of ether oxygens (including phenoxy) is 1. The molecule has 2 heterocycles. The number of aliphatic imine (C=N–C) groups is 1. The fourth-order valence-corrected chi connectivity index (χ4v) is 7.03. The third kappa shape index (κ3) is 4.07. The Morgan fingerprint density at radius 2 is 2.12 bits per heavy atom. The van der Waals surface area contributed by atoms with E-state index in [1.54, 1.807) is 25.3 Å². The maximum Gasteiger partial charge on any atom is 0.252 e. The Hall–Kier alpha value is -1.80. The zero-order valence-corrected chi connectivity index (χ0v) is 15.6. The second-order valence-corrected chi connectivity index (χ2v) is 9.41. The molecule has 2 atom stereocenters. The first-order valence-corrected chi connectivity index (χ1v) is 10.6. The van der Waals surface area contributed by atoms with E-state index in [4.69, 9.17) is 4.74 Å². The van der Waals surface area contributed by atoms with Gasteiger partial charge in [-0.05, 0) is 17.7 Å². The molecule has 2 fully saturated rings. The van der Waals surface area contributed by atoms with Crippen LogP contribution in [0.3, 0.4) is 0 Å². The highest BCUT2D eigenvalue weighted by atomic mass is 32.2. The van der Waals surface area contributed by atoms with E-state index in [0.717, 1.165) is 11.3 Å². The van der Waals surface area contributed by atoms with Crippen molar-refractivity contribution < 1.29 is 17.9 Å². The summed E-state index contributed by atoms with van der Waals surface area (Å²) in [7, 11) is -1.42. The third-order valence-corrected chi connectivity index (χ3v) is 7.48. The fourth-order valence-electron chi connectivity index (χ4n) is 3.05. The van der Waals surface area contributed by atoms with Crippen molar-refractivity contribution in [3.63, 3.8) is 0 Å². The smallest absolute Gasteiger partial charge is 0.252 e. The topological polar surface area (TPSA) is 76.0 Å². The van der Waals surface area contributed by atoms with E-state index in [1.807, 2.05) is 17.0 Å². The van der Waals surface area contributed by atoms with Crippen molar-refractivity contribution in [3.05, 3.63) is 42.5 Å². The summed E-state index contributed by atoms with van der Waals surface area (Å²) in [5.41, 5.74) is 0.858. The van der Waals surface area contributed by atoms with Gasteiger partial charge < -0.3 is 9.64 Å². The average Bonchev–Trinajstić information content (AvgIpc) is 3.01. The highest BCUT2D eigenvalue weighted by molar-refractivity contribution is 8.15. The average molecular weight is 380 g/mol. The number of carbonyl (C=O) groups is 1. The Bertz CT molecular complexity index is 802. The van der Waals surface area contributed by atoms with E-state index in [9.17, 15) is 13.2 Å². The van der Waals surface area contributed by atoms with Crippen LogP contribution in [0.25, 0.3) is 0 Å². The summed E-state index contributed by atoms with van der Waals surface area (Å²) >= 11 is 1.38. The minimum absolute atomic E-state index is 0.0579. The Balaban J connectivity index is 1.73. The lowest BCUT2D eigenvalue weighted by Gasteiger charge is -2.22. The predicted molar refractivity (Wildman–Crippen MR) is 99.9 cm³/mol. The molecule has 2 aliphatic rings. The van der Waals surface area contributed by atoms with Crippen LogP contribution in [0.4, 0.5) is 0 Å². The zero-order chi connectivity index (χ0) is 18.0. The van der Waals surface area contributed by atoms with Gasteiger partial charge >= 0.3 is 0 Å². The first-order chi connectivity index (χ1) is 11.9. The van der Waals surface area contributed by atoms with Gasteiger partial charge in [-0.2, -0.15) is 4.99 Å². The second kappa shape index (κ2) is 7.21. The van der Waals surface area contributed by atoms with E-state index in [2.05, 4.69) is 11.6 Å². The number of hydrogen-bond donors (Lipinski definition) is 0. The molecular weight excluding hydrogens is 360 g/mol. The van der Waals surface area contributed by atoms with Crippen LogP contribution in [-0.2, 0) is 21.1 Å². The molecule has 0 spiro atoms. The summed E-state index contributed by atoms with van der Waals surface area (Å²) in [4.78, 5) is 18.4. The molecule has 0 saturated carbocycles. The highest BCUT2D eigenvalue weighted by Crippen LogP contribution is 2.38. The lowest BCUT2D eigenvalue weighted by Crippen LogP contribution is -2.37. The summed E-state index contributed by atoms with van der Waals surface area (Å²) in [6.07, 6.45) is 1.90. The highest BCUT2D eigenvalue weighted by Gasteiger charge is 2.48. The van der Waals surface area contributed by atoms with Crippen molar-refractivity contribution in [2.75, 3.05) is 25.2 Å². The molecule has 6 nitrogen and oxygen atoms in total. The van der Waals surface area contributed by atoms with Crippen LogP contribution in [-0.4, -0.2) is 60.8 Å². The number of benzene rings is 1. The van der Waals surface area contributed by atoms with Gasteiger partial charge in [0.15, 0.2) is 15.0 Å². The summed E-state index contributed by atoms with van der Waals surface area (Å²) in [5, 5.41) is 0.542. The number of hydrogen-bond acceptors (Lipinski definition) is 5. The van der Waals surface area contributed by atoms with Crippen LogP contribution in [0.5, 0.6) is 5.75 Å². The number of methoxy groups -OCH3 is 1. The number of nitrogens with zero attached hydrogens (tertiary/aromatic N) is 2. The minimum Gasteiger partial charge on any atom is -0.497 e. The molecule has 8 heteroatoms. The first kappa shape index (κ1) is 18.0. The van der Waals surface area contributed by atoms with Crippen molar-refractivity contribution in [2.45, 2.75) is 17.7 Å². The van der Waals surface area contributed by atoms with Crippen LogP contribution >= 0.6 is 11.8 Å². The van der Waals surface area contributed by atoms with Crippen LogP contribution in [0.1, 0.15) is 5.56 Å². The Morgan fingerprint density at radius 3 is 2.76 bits per heavy atom. The Labute approximate surface area is 151 Å². The molecule has 0 radical (unpaired) electrons. The van der Waals surface area contributed by atoms with Gasteiger partial charge in [-0.15, -0.1) is 6.58 Å². The van der Waals surface area contributed by atoms with Crippen molar-refractivity contribution in [3.8, 4) is 5.75 Å². The molecule has 0 bridgehead atoms. The monoisotopic (exact) mass is 380 g/mol. The molecule has 134 valence electrons. The first-order valence-electron chi connectivity index (χ1n) is 7.91. The predicted octanol–water partition coefficient (Wildman–Crippen LogP) is 1.52. The van der Waals surface area contributed by atoms with E-state index in [-0.39, 0.29) is 35.1 Å². The maximum absolute atomic E-state index is 12.3. The number of carbonyl (C=O) groups excluding carboxylic acids is 1. The fraction of sp³-hybridized carbons (Fsp3) is 0.412. The van der Waals surface area contributed by atoms with E-state index < -0.39 is 9.84 Å². The standard InChI is InChI=1S/C17H20N2O4S2/c1-3-8-19-14-10-25(21,22)11-15(14)24-17(19)18-16(20)9-12-4-6-13(23-2)7-5-12/h3-7,14-15H,1,8-11H2,2H3. The van der Waals surface area contributed by atoms with Crippen LogP contribution < -0.4 is 4.74 Å². The lowest BCUT2D eigenvalue weighted by molar-refractivity contribution is -0.117. The summed E-state index contributed by atoms with van der Waals surface area (Å²) in [6, 6.07) is 7.16. The molecule has 0 aliphatic carbocycles. The number of thioether (sulfide) groups is 1. The molecule has 1 aromatic carbocycles. The van der Waals surface area contributed by atoms with Crippen LogP contribution in [0, 0.1) is 0 Å². The van der Waals surface area contributed by atoms with Crippen molar-refractivity contribution in [1.29, 1.82) is 0 Å². The summed E-state index contributed by atoms with van der Waals surface area (Å²) in [5.74, 6) is 0.746. The number of fused-ring (bicyclic) bond motifs is 1. The van der Waals surface area contributed by atoms with Gasteiger partial charge in [-0.3, -0.25) is 4.79 Å². The largest absolute Gasteiger partial charge is 0.497 e. The molecule has 1 amide bonds. The normalized spacial score (nSPS) is 25.8. The van der Waals surface area contributed by atoms with Crippen LogP contribution in [0.2, 0.25) is 0 Å². The van der Waals surface area contributed by atoms with Gasteiger partial charge in [-0.1, -0.05) is 30.0 Å².